The fraction of sp³-hybridized carbons (Fsp3) is 0.0909. The smallest absolute Gasteiger partial charge is 0.286 e. The molecule has 0 spiro atoms. The first-order valence-corrected chi connectivity index (χ1v) is 6.62. The number of thioether (sulfide) groups is 1. The fourth-order valence-corrected chi connectivity index (χ4v) is 2.86. The van der Waals surface area contributed by atoms with Crippen LogP contribution in [0, 0.1) is 0 Å². The quantitative estimate of drug-likeness (QED) is 0.800. The molecule has 2 N–H and O–H groups in total. The first kappa shape index (κ1) is 11.6. The average Bonchev–Trinajstić information content (AvgIpc) is 2.90. The van der Waals surface area contributed by atoms with Crippen LogP contribution in [-0.2, 0) is 4.79 Å². The third kappa shape index (κ3) is 1.89. The van der Waals surface area contributed by atoms with Crippen LogP contribution in [0.2, 0.25) is 0 Å². The SMILES string of the molecule is NC1=NC(=O)/C(=C\c2ccc3c(c2Br)OCO3)S1. The highest BCUT2D eigenvalue weighted by Gasteiger charge is 2.22. The topological polar surface area (TPSA) is 73.9 Å². The molecule has 0 saturated carbocycles. The van der Waals surface area contributed by atoms with Crippen molar-refractivity contribution in [2.24, 2.45) is 10.7 Å². The molecule has 1 aromatic rings. The maximum atomic E-state index is 11.5. The van der Waals surface area contributed by atoms with Crippen molar-refractivity contribution in [1.29, 1.82) is 0 Å². The summed E-state index contributed by atoms with van der Waals surface area (Å²) < 4.78 is 11.3. The van der Waals surface area contributed by atoms with Gasteiger partial charge in [-0.2, -0.15) is 4.99 Å². The lowest BCUT2D eigenvalue weighted by atomic mass is 10.2. The number of halogens is 1. The number of carbonyl (C=O) groups excluding carboxylic acids is 1. The first-order valence-electron chi connectivity index (χ1n) is 5.01. The molecule has 0 atom stereocenters. The number of nitrogens with zero attached hydrogens (tertiary/aromatic N) is 1. The highest BCUT2D eigenvalue weighted by atomic mass is 79.9. The zero-order valence-corrected chi connectivity index (χ0v) is 11.4. The summed E-state index contributed by atoms with van der Waals surface area (Å²) in [4.78, 5) is 15.6. The number of benzene rings is 1. The Morgan fingerprint density at radius 1 is 1.44 bits per heavy atom. The van der Waals surface area contributed by atoms with E-state index in [9.17, 15) is 4.79 Å². The predicted octanol–water partition coefficient (Wildman–Crippen LogP) is 2.11. The van der Waals surface area contributed by atoms with Gasteiger partial charge in [-0.15, -0.1) is 0 Å². The van der Waals surface area contributed by atoms with Crippen LogP contribution in [0.4, 0.5) is 0 Å². The summed E-state index contributed by atoms with van der Waals surface area (Å²) in [6.07, 6.45) is 1.72. The van der Waals surface area contributed by atoms with Crippen LogP contribution in [0.15, 0.2) is 26.5 Å². The van der Waals surface area contributed by atoms with Crippen LogP contribution in [0.3, 0.4) is 0 Å². The van der Waals surface area contributed by atoms with Crippen molar-refractivity contribution < 1.29 is 14.3 Å². The molecule has 0 saturated heterocycles. The maximum Gasteiger partial charge on any atom is 0.286 e. The van der Waals surface area contributed by atoms with Gasteiger partial charge in [0.15, 0.2) is 16.7 Å². The van der Waals surface area contributed by atoms with Gasteiger partial charge in [0.1, 0.15) is 0 Å². The summed E-state index contributed by atoms with van der Waals surface area (Å²) >= 11 is 4.59. The average molecular weight is 327 g/mol. The Labute approximate surface area is 115 Å². The molecule has 0 unspecified atom stereocenters. The molecule has 0 bridgehead atoms. The van der Waals surface area contributed by atoms with Gasteiger partial charge < -0.3 is 15.2 Å². The third-order valence-corrected chi connectivity index (χ3v) is 4.06. The van der Waals surface area contributed by atoms with E-state index in [1.807, 2.05) is 6.07 Å². The zero-order chi connectivity index (χ0) is 12.7. The molecule has 2 aliphatic heterocycles. The van der Waals surface area contributed by atoms with Gasteiger partial charge in [0.05, 0.1) is 9.38 Å². The van der Waals surface area contributed by atoms with E-state index >= 15 is 0 Å². The van der Waals surface area contributed by atoms with Crippen molar-refractivity contribution in [2.45, 2.75) is 0 Å². The molecular formula is C11H7BrN2O3S. The molecule has 7 heteroatoms. The molecule has 92 valence electrons. The van der Waals surface area contributed by atoms with E-state index < -0.39 is 0 Å². The van der Waals surface area contributed by atoms with Gasteiger partial charge in [0, 0.05) is 0 Å². The Bertz CT molecular complexity index is 613. The molecule has 0 fully saturated rings. The van der Waals surface area contributed by atoms with Gasteiger partial charge in [-0.1, -0.05) is 0 Å². The van der Waals surface area contributed by atoms with Crippen molar-refractivity contribution in [3.8, 4) is 11.5 Å². The number of carbonyl (C=O) groups is 1. The van der Waals surface area contributed by atoms with E-state index in [2.05, 4.69) is 20.9 Å². The van der Waals surface area contributed by atoms with E-state index in [4.69, 9.17) is 15.2 Å². The molecule has 2 aliphatic rings. The van der Waals surface area contributed by atoms with Crippen LogP contribution < -0.4 is 15.2 Å². The number of amides is 1. The monoisotopic (exact) mass is 326 g/mol. The lowest BCUT2D eigenvalue weighted by Crippen LogP contribution is -2.01. The molecule has 1 amide bonds. The highest BCUT2D eigenvalue weighted by Crippen LogP contribution is 2.42. The Hall–Kier alpha value is -1.47. The van der Waals surface area contributed by atoms with Gasteiger partial charge in [-0.3, -0.25) is 4.79 Å². The van der Waals surface area contributed by atoms with Crippen LogP contribution in [0.5, 0.6) is 11.5 Å². The normalized spacial score (nSPS) is 19.5. The number of amidine groups is 1. The lowest BCUT2D eigenvalue weighted by Gasteiger charge is -2.03. The van der Waals surface area contributed by atoms with Crippen molar-refractivity contribution in [3.05, 3.63) is 27.1 Å². The third-order valence-electron chi connectivity index (χ3n) is 2.43. The fourth-order valence-electron chi connectivity index (χ4n) is 1.63. The predicted molar refractivity (Wildman–Crippen MR) is 72.5 cm³/mol. The second kappa shape index (κ2) is 4.33. The molecule has 0 aliphatic carbocycles. The minimum absolute atomic E-state index is 0.206. The summed E-state index contributed by atoms with van der Waals surface area (Å²) in [7, 11) is 0. The van der Waals surface area contributed by atoms with E-state index in [1.54, 1.807) is 12.1 Å². The zero-order valence-electron chi connectivity index (χ0n) is 8.97. The standard InChI is InChI=1S/C11H7BrN2O3S/c12-8-5(1-2-6-9(8)17-4-16-6)3-7-10(15)14-11(13)18-7/h1-3H,4H2,(H2,13,14,15)/b7-3+. The second-order valence-corrected chi connectivity index (χ2v) is 5.42. The number of hydrogen-bond acceptors (Lipinski definition) is 5. The van der Waals surface area contributed by atoms with Gasteiger partial charge in [0.25, 0.3) is 5.91 Å². The minimum Gasteiger partial charge on any atom is -0.454 e. The largest absolute Gasteiger partial charge is 0.454 e. The van der Waals surface area contributed by atoms with Gasteiger partial charge in [-0.05, 0) is 51.5 Å². The number of aliphatic imine (C=N–C) groups is 1. The Morgan fingerprint density at radius 3 is 3.00 bits per heavy atom. The highest BCUT2D eigenvalue weighted by molar-refractivity contribution is 9.10. The molecule has 5 nitrogen and oxygen atoms in total. The Balaban J connectivity index is 2.00. The van der Waals surface area contributed by atoms with Crippen molar-refractivity contribution >= 4 is 44.8 Å². The van der Waals surface area contributed by atoms with Crippen LogP contribution in [-0.4, -0.2) is 17.9 Å². The summed E-state index contributed by atoms with van der Waals surface area (Å²) in [5.41, 5.74) is 6.31. The van der Waals surface area contributed by atoms with Crippen LogP contribution in [0.1, 0.15) is 5.56 Å². The first-order chi connectivity index (χ1) is 8.65. The minimum atomic E-state index is -0.318. The van der Waals surface area contributed by atoms with E-state index in [0.717, 1.165) is 21.8 Å². The van der Waals surface area contributed by atoms with Crippen molar-refractivity contribution in [2.75, 3.05) is 6.79 Å². The van der Waals surface area contributed by atoms with Crippen molar-refractivity contribution in [3.63, 3.8) is 0 Å². The molecule has 3 rings (SSSR count). The number of nitrogens with two attached hydrogens (primary N) is 1. The summed E-state index contributed by atoms with van der Waals surface area (Å²) in [6, 6.07) is 3.64. The number of ether oxygens (including phenoxy) is 2. The van der Waals surface area contributed by atoms with Crippen LogP contribution in [0.25, 0.3) is 6.08 Å². The summed E-state index contributed by atoms with van der Waals surface area (Å²) in [5, 5.41) is 0.267. The maximum absolute atomic E-state index is 11.5. The van der Waals surface area contributed by atoms with Gasteiger partial charge >= 0.3 is 0 Å². The molecule has 0 radical (unpaired) electrons. The Morgan fingerprint density at radius 2 is 2.28 bits per heavy atom. The van der Waals surface area contributed by atoms with Crippen LogP contribution >= 0.6 is 27.7 Å². The summed E-state index contributed by atoms with van der Waals surface area (Å²) in [6.45, 7) is 0.206. The number of rotatable bonds is 1. The lowest BCUT2D eigenvalue weighted by molar-refractivity contribution is -0.113. The summed E-state index contributed by atoms with van der Waals surface area (Å²) in [5.74, 6) is 1.01. The van der Waals surface area contributed by atoms with Gasteiger partial charge in [-0.25, -0.2) is 0 Å². The van der Waals surface area contributed by atoms with E-state index in [-0.39, 0.29) is 17.9 Å². The molecule has 18 heavy (non-hydrogen) atoms. The molecule has 0 aromatic heterocycles. The second-order valence-electron chi connectivity index (χ2n) is 3.57. The molecule has 2 heterocycles. The number of hydrogen-bond donors (Lipinski definition) is 1. The van der Waals surface area contributed by atoms with Gasteiger partial charge in [0.2, 0.25) is 6.79 Å². The van der Waals surface area contributed by atoms with E-state index in [0.29, 0.717) is 16.4 Å². The Kier molecular flexibility index (Phi) is 2.79. The molecule has 1 aromatic carbocycles. The molecular weight excluding hydrogens is 320 g/mol. The van der Waals surface area contributed by atoms with Crippen molar-refractivity contribution in [1.82, 2.24) is 0 Å². The van der Waals surface area contributed by atoms with E-state index in [1.165, 1.54) is 0 Å². The number of fused-ring (bicyclic) bond motifs is 1.